The number of anilines is 1. The topological polar surface area (TPSA) is 29.1 Å². The number of thioether (sulfide) groups is 1. The van der Waals surface area contributed by atoms with Gasteiger partial charge in [-0.2, -0.15) is 0 Å². The molecule has 0 aromatic heterocycles. The van der Waals surface area contributed by atoms with E-state index in [2.05, 4.69) is 5.32 Å². The van der Waals surface area contributed by atoms with Crippen LogP contribution in [0.15, 0.2) is 53.4 Å². The smallest absolute Gasteiger partial charge is 0.221 e. The number of carbonyl (C=O) groups is 1. The summed E-state index contributed by atoms with van der Waals surface area (Å²) in [7, 11) is 0. The summed E-state index contributed by atoms with van der Waals surface area (Å²) in [6.45, 7) is 1.47. The normalized spacial score (nSPS) is 10.2. The molecular formula is C15H14FNOS. The van der Waals surface area contributed by atoms with Gasteiger partial charge in [-0.15, -0.1) is 11.8 Å². The number of rotatable bonds is 4. The molecule has 1 N–H and O–H groups in total. The van der Waals surface area contributed by atoms with Crippen LogP contribution in [0.5, 0.6) is 0 Å². The van der Waals surface area contributed by atoms with E-state index in [1.165, 1.54) is 13.0 Å². The maximum atomic E-state index is 13.4. The lowest BCUT2D eigenvalue weighted by Crippen LogP contribution is -2.05. The van der Waals surface area contributed by atoms with Gasteiger partial charge in [0, 0.05) is 23.3 Å². The second-order valence-corrected chi connectivity index (χ2v) is 5.13. The van der Waals surface area contributed by atoms with Crippen LogP contribution in [0.2, 0.25) is 0 Å². The molecule has 0 saturated heterocycles. The maximum absolute atomic E-state index is 13.4. The first kappa shape index (κ1) is 13.6. The summed E-state index contributed by atoms with van der Waals surface area (Å²) in [6.07, 6.45) is 0. The van der Waals surface area contributed by atoms with Gasteiger partial charge in [-0.05, 0) is 35.9 Å². The van der Waals surface area contributed by atoms with Crippen LogP contribution in [-0.2, 0) is 10.5 Å². The zero-order valence-corrected chi connectivity index (χ0v) is 11.3. The highest BCUT2D eigenvalue weighted by Gasteiger charge is 2.02. The van der Waals surface area contributed by atoms with E-state index in [1.54, 1.807) is 23.9 Å². The third kappa shape index (κ3) is 4.10. The van der Waals surface area contributed by atoms with Crippen LogP contribution >= 0.6 is 11.8 Å². The lowest BCUT2D eigenvalue weighted by Gasteiger charge is -2.05. The Hall–Kier alpha value is -1.81. The lowest BCUT2D eigenvalue weighted by atomic mass is 10.2. The Bertz CT molecular complexity index is 569. The number of hydrogen-bond donors (Lipinski definition) is 1. The molecule has 0 spiro atoms. The summed E-state index contributed by atoms with van der Waals surface area (Å²) in [4.78, 5) is 11.9. The van der Waals surface area contributed by atoms with Crippen molar-refractivity contribution in [1.82, 2.24) is 0 Å². The Morgan fingerprint density at radius 3 is 2.47 bits per heavy atom. The molecule has 0 aliphatic rings. The number of benzene rings is 2. The molecule has 0 heterocycles. The van der Waals surface area contributed by atoms with Crippen LogP contribution in [0, 0.1) is 5.82 Å². The molecule has 4 heteroatoms. The molecular weight excluding hydrogens is 261 g/mol. The van der Waals surface area contributed by atoms with Crippen LogP contribution in [0.25, 0.3) is 0 Å². The molecule has 2 aromatic rings. The van der Waals surface area contributed by atoms with E-state index in [9.17, 15) is 9.18 Å². The maximum Gasteiger partial charge on any atom is 0.221 e. The fourth-order valence-electron chi connectivity index (χ4n) is 1.61. The van der Waals surface area contributed by atoms with Crippen LogP contribution in [-0.4, -0.2) is 5.91 Å². The summed E-state index contributed by atoms with van der Waals surface area (Å²) in [6, 6.07) is 14.3. The quantitative estimate of drug-likeness (QED) is 0.852. The van der Waals surface area contributed by atoms with Crippen molar-refractivity contribution in [3.05, 3.63) is 59.9 Å². The first-order valence-corrected chi connectivity index (χ1v) is 6.87. The summed E-state index contributed by atoms with van der Waals surface area (Å²) in [5.41, 5.74) is 1.46. The molecule has 0 aliphatic heterocycles. The Morgan fingerprint density at radius 1 is 1.16 bits per heavy atom. The first-order chi connectivity index (χ1) is 9.15. The summed E-state index contributed by atoms with van der Waals surface area (Å²) >= 11 is 1.56. The predicted molar refractivity (Wildman–Crippen MR) is 76.7 cm³/mol. The van der Waals surface area contributed by atoms with Crippen LogP contribution in [0.3, 0.4) is 0 Å². The third-order valence-electron chi connectivity index (χ3n) is 2.53. The molecule has 98 valence electrons. The molecule has 0 aliphatic carbocycles. The Labute approximate surface area is 116 Å². The van der Waals surface area contributed by atoms with E-state index in [1.807, 2.05) is 30.3 Å². The fraction of sp³-hybridized carbons (Fsp3) is 0.133. The summed E-state index contributed by atoms with van der Waals surface area (Å²) < 4.78 is 13.4. The standard InChI is InChI=1S/C15H14FNOS/c1-11(18)17-13-6-8-14(9-7-13)19-10-12-4-2-3-5-15(12)16/h2-9H,10H2,1H3,(H,17,18). The van der Waals surface area contributed by atoms with Crippen molar-refractivity contribution in [2.24, 2.45) is 0 Å². The minimum absolute atomic E-state index is 0.0910. The highest BCUT2D eigenvalue weighted by atomic mass is 32.2. The predicted octanol–water partition coefficient (Wildman–Crippen LogP) is 4.08. The SMILES string of the molecule is CC(=O)Nc1ccc(SCc2ccccc2F)cc1. The van der Waals surface area contributed by atoms with E-state index in [4.69, 9.17) is 0 Å². The van der Waals surface area contributed by atoms with E-state index in [0.29, 0.717) is 11.3 Å². The van der Waals surface area contributed by atoms with Crippen molar-refractivity contribution in [2.75, 3.05) is 5.32 Å². The van der Waals surface area contributed by atoms with Crippen LogP contribution < -0.4 is 5.32 Å². The van der Waals surface area contributed by atoms with Crippen molar-refractivity contribution in [2.45, 2.75) is 17.6 Å². The van der Waals surface area contributed by atoms with Crippen molar-refractivity contribution in [1.29, 1.82) is 0 Å². The zero-order chi connectivity index (χ0) is 13.7. The van der Waals surface area contributed by atoms with E-state index in [0.717, 1.165) is 10.6 Å². The Kier molecular flexibility index (Phi) is 4.58. The Morgan fingerprint density at radius 2 is 1.84 bits per heavy atom. The van der Waals surface area contributed by atoms with Gasteiger partial charge in [0.1, 0.15) is 5.82 Å². The number of amides is 1. The molecule has 2 aromatic carbocycles. The molecule has 0 bridgehead atoms. The Balaban J connectivity index is 1.97. The van der Waals surface area contributed by atoms with Gasteiger partial charge in [0.2, 0.25) is 5.91 Å². The molecule has 19 heavy (non-hydrogen) atoms. The second-order valence-electron chi connectivity index (χ2n) is 4.09. The summed E-state index contributed by atoms with van der Waals surface area (Å²) in [5.74, 6) is 0.322. The molecule has 0 unspecified atom stereocenters. The third-order valence-corrected chi connectivity index (χ3v) is 3.59. The van der Waals surface area contributed by atoms with Crippen molar-refractivity contribution in [3.8, 4) is 0 Å². The second kappa shape index (κ2) is 6.38. The van der Waals surface area contributed by atoms with Crippen LogP contribution in [0.1, 0.15) is 12.5 Å². The van der Waals surface area contributed by atoms with Gasteiger partial charge in [-0.25, -0.2) is 4.39 Å². The number of hydrogen-bond acceptors (Lipinski definition) is 2. The van der Waals surface area contributed by atoms with Crippen molar-refractivity contribution in [3.63, 3.8) is 0 Å². The monoisotopic (exact) mass is 275 g/mol. The van der Waals surface area contributed by atoms with Crippen molar-refractivity contribution >= 4 is 23.4 Å². The van der Waals surface area contributed by atoms with E-state index >= 15 is 0 Å². The first-order valence-electron chi connectivity index (χ1n) is 5.89. The molecule has 2 nitrogen and oxygen atoms in total. The number of nitrogens with one attached hydrogen (secondary N) is 1. The van der Waals surface area contributed by atoms with Gasteiger partial charge in [-0.3, -0.25) is 4.79 Å². The molecule has 2 rings (SSSR count). The number of carbonyl (C=O) groups excluding carboxylic acids is 1. The van der Waals surface area contributed by atoms with Gasteiger partial charge in [-0.1, -0.05) is 18.2 Å². The van der Waals surface area contributed by atoms with Gasteiger partial charge in [0.05, 0.1) is 0 Å². The lowest BCUT2D eigenvalue weighted by molar-refractivity contribution is -0.114. The average molecular weight is 275 g/mol. The van der Waals surface area contributed by atoms with Gasteiger partial charge >= 0.3 is 0 Å². The van der Waals surface area contributed by atoms with Gasteiger partial charge < -0.3 is 5.32 Å². The minimum Gasteiger partial charge on any atom is -0.326 e. The molecule has 1 amide bonds. The largest absolute Gasteiger partial charge is 0.326 e. The highest BCUT2D eigenvalue weighted by molar-refractivity contribution is 7.98. The highest BCUT2D eigenvalue weighted by Crippen LogP contribution is 2.25. The van der Waals surface area contributed by atoms with E-state index < -0.39 is 0 Å². The molecule has 0 radical (unpaired) electrons. The van der Waals surface area contributed by atoms with Crippen molar-refractivity contribution < 1.29 is 9.18 Å². The molecule has 0 saturated carbocycles. The number of halogens is 1. The molecule has 0 fully saturated rings. The van der Waals surface area contributed by atoms with Gasteiger partial charge in [0.25, 0.3) is 0 Å². The minimum atomic E-state index is -0.176. The fourth-order valence-corrected chi connectivity index (χ4v) is 2.50. The van der Waals surface area contributed by atoms with E-state index in [-0.39, 0.29) is 11.7 Å². The summed E-state index contributed by atoms with van der Waals surface area (Å²) in [5, 5.41) is 2.71. The zero-order valence-electron chi connectivity index (χ0n) is 10.5. The van der Waals surface area contributed by atoms with Gasteiger partial charge in [0.15, 0.2) is 0 Å². The average Bonchev–Trinajstić information content (AvgIpc) is 2.39. The van der Waals surface area contributed by atoms with Crippen LogP contribution in [0.4, 0.5) is 10.1 Å². The molecule has 0 atom stereocenters.